The van der Waals surface area contributed by atoms with E-state index in [0.717, 1.165) is 13.1 Å². The van der Waals surface area contributed by atoms with Crippen LogP contribution in [0.4, 0.5) is 0 Å². The zero-order valence-electron chi connectivity index (χ0n) is 10.1. The van der Waals surface area contributed by atoms with Gasteiger partial charge in [0.25, 0.3) is 0 Å². The van der Waals surface area contributed by atoms with Crippen LogP contribution in [0.3, 0.4) is 0 Å². The van der Waals surface area contributed by atoms with E-state index in [1.54, 1.807) is 0 Å². The number of aliphatic hydroxyl groups is 1. The van der Waals surface area contributed by atoms with Gasteiger partial charge in [0, 0.05) is 19.2 Å². The lowest BCUT2D eigenvalue weighted by molar-refractivity contribution is 0.00509. The van der Waals surface area contributed by atoms with Gasteiger partial charge in [0.2, 0.25) is 0 Å². The third-order valence-corrected chi connectivity index (χ3v) is 3.18. The third kappa shape index (κ3) is 4.49. The van der Waals surface area contributed by atoms with Crippen molar-refractivity contribution in [3.05, 3.63) is 0 Å². The average molecular weight is 215 g/mol. The summed E-state index contributed by atoms with van der Waals surface area (Å²) in [7, 11) is 0. The van der Waals surface area contributed by atoms with Gasteiger partial charge in [-0.3, -0.25) is 4.90 Å². The summed E-state index contributed by atoms with van der Waals surface area (Å²) in [6.07, 6.45) is 4.78. The fourth-order valence-electron chi connectivity index (χ4n) is 2.34. The second kappa shape index (κ2) is 7.20. The maximum atomic E-state index is 9.78. The van der Waals surface area contributed by atoms with Gasteiger partial charge >= 0.3 is 0 Å². The first-order valence-corrected chi connectivity index (χ1v) is 6.27. The molecule has 0 aromatic rings. The number of hydrogen-bond donors (Lipinski definition) is 1. The quantitative estimate of drug-likeness (QED) is 0.731. The highest BCUT2D eigenvalue weighted by Gasteiger charge is 2.22. The molecular weight excluding hydrogens is 190 g/mol. The van der Waals surface area contributed by atoms with Gasteiger partial charge in [-0.15, -0.1) is 0 Å². The van der Waals surface area contributed by atoms with Gasteiger partial charge < -0.3 is 9.84 Å². The minimum Gasteiger partial charge on any atom is -0.389 e. The molecule has 1 heterocycles. The number of piperidine rings is 1. The summed E-state index contributed by atoms with van der Waals surface area (Å²) < 4.78 is 5.23. The van der Waals surface area contributed by atoms with Crippen LogP contribution in [0, 0.1) is 0 Å². The highest BCUT2D eigenvalue weighted by atomic mass is 16.5. The summed E-state index contributed by atoms with van der Waals surface area (Å²) in [5.41, 5.74) is 0. The summed E-state index contributed by atoms with van der Waals surface area (Å²) >= 11 is 0. The van der Waals surface area contributed by atoms with Crippen LogP contribution in [0.2, 0.25) is 0 Å². The standard InChI is InChI=1S/C12H25NO2/c1-3-11-7-5-6-8-13(11)9-12(14)10-15-4-2/h11-12,14H,3-10H2,1-2H3. The van der Waals surface area contributed by atoms with E-state index >= 15 is 0 Å². The number of nitrogens with zero attached hydrogens (tertiary/aromatic N) is 1. The molecule has 1 N–H and O–H groups in total. The first-order valence-electron chi connectivity index (χ1n) is 6.27. The molecule has 0 saturated carbocycles. The molecule has 0 aliphatic carbocycles. The molecule has 2 atom stereocenters. The van der Waals surface area contributed by atoms with Crippen LogP contribution < -0.4 is 0 Å². The van der Waals surface area contributed by atoms with Crippen molar-refractivity contribution in [2.45, 2.75) is 51.7 Å². The average Bonchev–Trinajstić information content (AvgIpc) is 2.27. The van der Waals surface area contributed by atoms with Crippen molar-refractivity contribution in [1.29, 1.82) is 0 Å². The summed E-state index contributed by atoms with van der Waals surface area (Å²) in [4.78, 5) is 2.42. The summed E-state index contributed by atoms with van der Waals surface area (Å²) in [5, 5.41) is 9.78. The second-order valence-corrected chi connectivity index (χ2v) is 4.37. The lowest BCUT2D eigenvalue weighted by atomic mass is 10.00. The van der Waals surface area contributed by atoms with E-state index in [4.69, 9.17) is 4.74 Å². The van der Waals surface area contributed by atoms with Crippen LogP contribution in [0.25, 0.3) is 0 Å². The Kier molecular flexibility index (Phi) is 6.22. The number of rotatable bonds is 6. The Bertz CT molecular complexity index is 164. The van der Waals surface area contributed by atoms with Crippen molar-refractivity contribution in [3.63, 3.8) is 0 Å². The lowest BCUT2D eigenvalue weighted by Gasteiger charge is -2.36. The third-order valence-electron chi connectivity index (χ3n) is 3.18. The van der Waals surface area contributed by atoms with Crippen LogP contribution in [0.5, 0.6) is 0 Å². The monoisotopic (exact) mass is 215 g/mol. The maximum absolute atomic E-state index is 9.78. The predicted octanol–water partition coefficient (Wildman–Crippen LogP) is 1.65. The van der Waals surface area contributed by atoms with Gasteiger partial charge in [0.15, 0.2) is 0 Å². The van der Waals surface area contributed by atoms with Crippen molar-refractivity contribution < 1.29 is 9.84 Å². The molecule has 0 spiro atoms. The molecule has 3 heteroatoms. The molecule has 1 rings (SSSR count). The van der Waals surface area contributed by atoms with Crippen LogP contribution in [0.15, 0.2) is 0 Å². The normalized spacial score (nSPS) is 25.4. The fraction of sp³-hybridized carbons (Fsp3) is 1.00. The van der Waals surface area contributed by atoms with Gasteiger partial charge in [-0.05, 0) is 32.7 Å². The van der Waals surface area contributed by atoms with Crippen LogP contribution >= 0.6 is 0 Å². The van der Waals surface area contributed by atoms with Crippen molar-refractivity contribution in [2.75, 3.05) is 26.3 Å². The minimum atomic E-state index is -0.322. The number of β-amino-alcohol motifs (C(OH)–C–C–N with tert-alkyl or cyclic N) is 1. The number of aliphatic hydroxyl groups excluding tert-OH is 1. The summed E-state index contributed by atoms with van der Waals surface area (Å²) in [6, 6.07) is 0.676. The van der Waals surface area contributed by atoms with Gasteiger partial charge in [-0.2, -0.15) is 0 Å². The lowest BCUT2D eigenvalue weighted by Crippen LogP contribution is -2.44. The number of hydrogen-bond acceptors (Lipinski definition) is 3. The maximum Gasteiger partial charge on any atom is 0.0900 e. The molecule has 0 bridgehead atoms. The fourth-order valence-corrected chi connectivity index (χ4v) is 2.34. The smallest absolute Gasteiger partial charge is 0.0900 e. The van der Waals surface area contributed by atoms with Crippen LogP contribution in [-0.4, -0.2) is 48.5 Å². The Labute approximate surface area is 93.4 Å². The Morgan fingerprint density at radius 1 is 1.40 bits per heavy atom. The molecule has 0 aromatic carbocycles. The van der Waals surface area contributed by atoms with E-state index in [1.165, 1.54) is 25.7 Å². The molecule has 1 aliphatic heterocycles. The SMILES string of the molecule is CCOCC(O)CN1CCCCC1CC. The van der Waals surface area contributed by atoms with Crippen molar-refractivity contribution >= 4 is 0 Å². The van der Waals surface area contributed by atoms with Crippen molar-refractivity contribution in [1.82, 2.24) is 4.90 Å². The highest BCUT2D eigenvalue weighted by Crippen LogP contribution is 2.19. The van der Waals surface area contributed by atoms with Crippen LogP contribution in [0.1, 0.15) is 39.5 Å². The first-order chi connectivity index (χ1) is 7.27. The summed E-state index contributed by atoms with van der Waals surface area (Å²) in [5.74, 6) is 0. The molecule has 1 saturated heterocycles. The molecule has 1 fully saturated rings. The van der Waals surface area contributed by atoms with E-state index in [1.807, 2.05) is 6.92 Å². The molecule has 0 aromatic heterocycles. The van der Waals surface area contributed by atoms with Crippen molar-refractivity contribution in [2.24, 2.45) is 0 Å². The van der Waals surface area contributed by atoms with Gasteiger partial charge in [-0.1, -0.05) is 13.3 Å². The Morgan fingerprint density at radius 3 is 2.87 bits per heavy atom. The number of ether oxygens (including phenoxy) is 1. The topological polar surface area (TPSA) is 32.7 Å². The minimum absolute atomic E-state index is 0.322. The molecule has 1 aliphatic rings. The molecule has 90 valence electrons. The van der Waals surface area contributed by atoms with Crippen LogP contribution in [-0.2, 0) is 4.74 Å². The zero-order chi connectivity index (χ0) is 11.1. The van der Waals surface area contributed by atoms with Gasteiger partial charge in [0.05, 0.1) is 12.7 Å². The van der Waals surface area contributed by atoms with E-state index in [0.29, 0.717) is 19.3 Å². The van der Waals surface area contributed by atoms with Gasteiger partial charge in [0.1, 0.15) is 0 Å². The van der Waals surface area contributed by atoms with E-state index < -0.39 is 0 Å². The first kappa shape index (κ1) is 12.9. The van der Waals surface area contributed by atoms with E-state index in [-0.39, 0.29) is 6.10 Å². The largest absolute Gasteiger partial charge is 0.389 e. The Balaban J connectivity index is 2.27. The zero-order valence-corrected chi connectivity index (χ0v) is 10.1. The molecule has 3 nitrogen and oxygen atoms in total. The molecule has 15 heavy (non-hydrogen) atoms. The van der Waals surface area contributed by atoms with Crippen molar-refractivity contribution in [3.8, 4) is 0 Å². The molecule has 2 unspecified atom stereocenters. The predicted molar refractivity (Wildman–Crippen MR) is 62.0 cm³/mol. The molecule has 0 amide bonds. The Hall–Kier alpha value is -0.120. The summed E-state index contributed by atoms with van der Waals surface area (Å²) in [6.45, 7) is 7.28. The van der Waals surface area contributed by atoms with E-state index in [2.05, 4.69) is 11.8 Å². The highest BCUT2D eigenvalue weighted by molar-refractivity contribution is 4.77. The van der Waals surface area contributed by atoms with E-state index in [9.17, 15) is 5.11 Å². The van der Waals surface area contributed by atoms with Gasteiger partial charge in [-0.25, -0.2) is 0 Å². The molecular formula is C12H25NO2. The Morgan fingerprint density at radius 2 is 2.20 bits per heavy atom. The molecule has 0 radical (unpaired) electrons. The number of likely N-dealkylation sites (tertiary alicyclic amines) is 1. The second-order valence-electron chi connectivity index (χ2n) is 4.37.